The summed E-state index contributed by atoms with van der Waals surface area (Å²) < 4.78 is 22.9. The van der Waals surface area contributed by atoms with E-state index in [1.165, 1.54) is 0 Å². The molecule has 0 saturated heterocycles. The Morgan fingerprint density at radius 2 is 1.90 bits per heavy atom. The fourth-order valence-electron chi connectivity index (χ4n) is 1.61. The van der Waals surface area contributed by atoms with E-state index in [0.717, 1.165) is 6.26 Å². The highest BCUT2D eigenvalue weighted by atomic mass is 35.5. The molecule has 0 radical (unpaired) electrons. The summed E-state index contributed by atoms with van der Waals surface area (Å²) in [5.41, 5.74) is 0.913. The van der Waals surface area contributed by atoms with Crippen LogP contribution in [0.3, 0.4) is 0 Å². The molecule has 7 heteroatoms. The van der Waals surface area contributed by atoms with E-state index in [9.17, 15) is 13.2 Å². The van der Waals surface area contributed by atoms with Crippen molar-refractivity contribution in [1.82, 2.24) is 5.32 Å². The van der Waals surface area contributed by atoms with Crippen LogP contribution in [0, 0.1) is 5.92 Å². The van der Waals surface area contributed by atoms with Crippen LogP contribution in [-0.2, 0) is 15.6 Å². The molecule has 0 saturated carbocycles. The third kappa shape index (κ3) is 6.35. The molecule has 2 N–H and O–H groups in total. The molecule has 0 aliphatic rings. The monoisotopic (exact) mass is 332 g/mol. The highest BCUT2D eigenvalue weighted by Crippen LogP contribution is 2.23. The molecular weight excluding hydrogens is 312 g/mol. The van der Waals surface area contributed by atoms with Crippen LogP contribution in [0.4, 0.5) is 10.5 Å². The van der Waals surface area contributed by atoms with Gasteiger partial charge in [-0.15, -0.1) is 0 Å². The minimum absolute atomic E-state index is 0.00235. The molecule has 0 aliphatic carbocycles. The Hall–Kier alpha value is -1.27. The quantitative estimate of drug-likeness (QED) is 0.870. The summed E-state index contributed by atoms with van der Waals surface area (Å²) in [6.07, 6.45) is 1.15. The summed E-state index contributed by atoms with van der Waals surface area (Å²) in [4.78, 5) is 11.9. The lowest BCUT2D eigenvalue weighted by Crippen LogP contribution is -2.39. The van der Waals surface area contributed by atoms with E-state index in [4.69, 9.17) is 11.6 Å². The molecule has 118 valence electrons. The van der Waals surface area contributed by atoms with E-state index >= 15 is 0 Å². The summed E-state index contributed by atoms with van der Waals surface area (Å²) in [6.45, 7) is 5.90. The number of hydrogen-bond acceptors (Lipinski definition) is 3. The molecule has 1 atom stereocenters. The summed E-state index contributed by atoms with van der Waals surface area (Å²) in [7, 11) is -3.20. The van der Waals surface area contributed by atoms with Crippen LogP contribution in [0.5, 0.6) is 0 Å². The third-order valence-electron chi connectivity index (χ3n) is 3.10. The molecule has 0 aliphatic heterocycles. The zero-order valence-corrected chi connectivity index (χ0v) is 14.2. The van der Waals surface area contributed by atoms with Crippen molar-refractivity contribution in [3.63, 3.8) is 0 Å². The van der Waals surface area contributed by atoms with Gasteiger partial charge in [-0.25, -0.2) is 13.2 Å². The Morgan fingerprint density at radius 1 is 1.29 bits per heavy atom. The predicted molar refractivity (Wildman–Crippen MR) is 86.5 cm³/mol. The van der Waals surface area contributed by atoms with Crippen molar-refractivity contribution in [2.75, 3.05) is 11.6 Å². The van der Waals surface area contributed by atoms with Crippen molar-refractivity contribution < 1.29 is 13.2 Å². The van der Waals surface area contributed by atoms with Gasteiger partial charge in [0.25, 0.3) is 0 Å². The van der Waals surface area contributed by atoms with Crippen LogP contribution in [-0.4, -0.2) is 26.7 Å². The molecule has 0 heterocycles. The lowest BCUT2D eigenvalue weighted by atomic mass is 10.1. The molecule has 0 fully saturated rings. The van der Waals surface area contributed by atoms with Gasteiger partial charge in [0, 0.05) is 23.0 Å². The number of benzene rings is 1. The van der Waals surface area contributed by atoms with Crippen LogP contribution in [0.1, 0.15) is 26.3 Å². The molecule has 0 spiro atoms. The van der Waals surface area contributed by atoms with Crippen molar-refractivity contribution in [3.8, 4) is 0 Å². The van der Waals surface area contributed by atoms with Crippen LogP contribution in [0.2, 0.25) is 5.02 Å². The summed E-state index contributed by atoms with van der Waals surface area (Å²) in [5, 5.41) is 5.89. The second-order valence-corrected chi connectivity index (χ2v) is 8.08. The van der Waals surface area contributed by atoms with Gasteiger partial charge in [-0.3, -0.25) is 0 Å². The molecule has 5 nitrogen and oxygen atoms in total. The van der Waals surface area contributed by atoms with Gasteiger partial charge in [0.05, 0.1) is 5.75 Å². The Morgan fingerprint density at radius 3 is 2.43 bits per heavy atom. The van der Waals surface area contributed by atoms with Gasteiger partial charge in [0.15, 0.2) is 9.84 Å². The number of carbonyl (C=O) groups is 1. The first kappa shape index (κ1) is 17.8. The number of rotatable bonds is 5. The maximum Gasteiger partial charge on any atom is 0.319 e. The maximum atomic E-state index is 11.9. The van der Waals surface area contributed by atoms with E-state index in [2.05, 4.69) is 10.6 Å². The topological polar surface area (TPSA) is 75.3 Å². The van der Waals surface area contributed by atoms with Crippen molar-refractivity contribution >= 4 is 33.2 Å². The highest BCUT2D eigenvalue weighted by molar-refractivity contribution is 7.89. The second-order valence-electron chi connectivity index (χ2n) is 5.50. The van der Waals surface area contributed by atoms with Crippen LogP contribution >= 0.6 is 11.6 Å². The average Bonchev–Trinajstić information content (AvgIpc) is 2.30. The van der Waals surface area contributed by atoms with Gasteiger partial charge >= 0.3 is 6.03 Å². The lowest BCUT2D eigenvalue weighted by molar-refractivity contribution is 0.246. The minimum atomic E-state index is -3.20. The number of hydrogen-bond donors (Lipinski definition) is 2. The molecule has 0 aromatic heterocycles. The Labute approximate surface area is 131 Å². The lowest BCUT2D eigenvalue weighted by Gasteiger charge is -2.19. The van der Waals surface area contributed by atoms with Crippen molar-refractivity contribution in [2.24, 2.45) is 5.92 Å². The maximum absolute atomic E-state index is 11.9. The fraction of sp³-hybridized carbons (Fsp3) is 0.500. The van der Waals surface area contributed by atoms with Gasteiger partial charge in [-0.1, -0.05) is 31.5 Å². The van der Waals surface area contributed by atoms with E-state index < -0.39 is 9.84 Å². The minimum Gasteiger partial charge on any atom is -0.335 e. The first-order chi connectivity index (χ1) is 9.58. The Balaban J connectivity index is 2.91. The van der Waals surface area contributed by atoms with E-state index in [1.807, 2.05) is 20.8 Å². The van der Waals surface area contributed by atoms with Crippen molar-refractivity contribution in [2.45, 2.75) is 32.6 Å². The number of carbonyl (C=O) groups excluding carboxylic acids is 1. The molecule has 0 unspecified atom stereocenters. The Bertz CT molecular complexity index is 615. The first-order valence-corrected chi connectivity index (χ1v) is 9.06. The number of urea groups is 1. The van der Waals surface area contributed by atoms with Crippen LogP contribution < -0.4 is 10.6 Å². The van der Waals surface area contributed by atoms with E-state index in [-0.39, 0.29) is 17.8 Å². The third-order valence-corrected chi connectivity index (χ3v) is 4.17. The van der Waals surface area contributed by atoms with Gasteiger partial charge in [-0.05, 0) is 30.5 Å². The smallest absolute Gasteiger partial charge is 0.319 e. The van der Waals surface area contributed by atoms with Crippen LogP contribution in [0.15, 0.2) is 18.2 Å². The van der Waals surface area contributed by atoms with E-state index in [0.29, 0.717) is 22.2 Å². The van der Waals surface area contributed by atoms with Gasteiger partial charge in [0.1, 0.15) is 0 Å². The average molecular weight is 333 g/mol. The fourth-order valence-corrected chi connectivity index (χ4v) is 2.59. The predicted octanol–water partition coefficient (Wildman–Crippen LogP) is 3.05. The van der Waals surface area contributed by atoms with E-state index in [1.54, 1.807) is 18.2 Å². The molecule has 0 bridgehead atoms. The SMILES string of the molecule is CC(C)[C@H](C)NC(=O)Nc1cc(Cl)ccc1CS(C)(=O)=O. The van der Waals surface area contributed by atoms with Gasteiger partial charge < -0.3 is 10.6 Å². The van der Waals surface area contributed by atoms with Gasteiger partial charge in [-0.2, -0.15) is 0 Å². The molecule has 1 rings (SSSR count). The molecule has 21 heavy (non-hydrogen) atoms. The zero-order chi connectivity index (χ0) is 16.2. The summed E-state index contributed by atoms with van der Waals surface area (Å²) >= 11 is 5.91. The number of nitrogens with one attached hydrogen (secondary N) is 2. The Kier molecular flexibility index (Phi) is 6.04. The molecular formula is C14H21ClN2O3S. The van der Waals surface area contributed by atoms with Gasteiger partial charge in [0.2, 0.25) is 0 Å². The second kappa shape index (κ2) is 7.13. The molecule has 1 aromatic carbocycles. The first-order valence-electron chi connectivity index (χ1n) is 6.62. The van der Waals surface area contributed by atoms with Crippen LogP contribution in [0.25, 0.3) is 0 Å². The number of amides is 2. The normalized spacial score (nSPS) is 13.0. The highest BCUT2D eigenvalue weighted by Gasteiger charge is 2.14. The zero-order valence-electron chi connectivity index (χ0n) is 12.6. The number of halogens is 1. The summed E-state index contributed by atoms with van der Waals surface area (Å²) in [5.74, 6) is 0.144. The molecule has 1 aromatic rings. The van der Waals surface area contributed by atoms with Crippen molar-refractivity contribution in [1.29, 1.82) is 0 Å². The summed E-state index contributed by atoms with van der Waals surface area (Å²) in [6, 6.07) is 4.37. The standard InChI is InChI=1S/C14H21ClN2O3S/c1-9(2)10(3)16-14(18)17-13-7-12(15)6-5-11(13)8-21(4,19)20/h5-7,9-10H,8H2,1-4H3,(H2,16,17,18)/t10-/m0/s1. The largest absolute Gasteiger partial charge is 0.335 e. The van der Waals surface area contributed by atoms with Crippen molar-refractivity contribution in [3.05, 3.63) is 28.8 Å². The number of sulfone groups is 1. The molecule has 2 amide bonds. The number of anilines is 1.